The third-order valence-electron chi connectivity index (χ3n) is 5.79. The molecule has 0 aliphatic heterocycles. The third kappa shape index (κ3) is 6.60. The number of nitrogens with zero attached hydrogens (tertiary/aromatic N) is 2. The van der Waals surface area contributed by atoms with Crippen molar-refractivity contribution in [1.82, 2.24) is 0 Å². The molecule has 0 saturated carbocycles. The summed E-state index contributed by atoms with van der Waals surface area (Å²) in [7, 11) is -4.65. The first-order chi connectivity index (χ1) is 18.6. The van der Waals surface area contributed by atoms with Gasteiger partial charge in [-0.2, -0.15) is 13.5 Å². The molecule has 0 heterocycles. The van der Waals surface area contributed by atoms with Crippen LogP contribution in [0.3, 0.4) is 0 Å². The molecule has 0 fully saturated rings. The van der Waals surface area contributed by atoms with Crippen LogP contribution in [0, 0.1) is 0 Å². The maximum absolute atomic E-state index is 13.5. The van der Waals surface area contributed by atoms with Crippen LogP contribution in [0.2, 0.25) is 10.0 Å². The second-order valence-electron chi connectivity index (χ2n) is 8.24. The normalized spacial score (nSPS) is 11.4. The van der Waals surface area contributed by atoms with Crippen LogP contribution in [0.15, 0.2) is 75.8 Å². The van der Waals surface area contributed by atoms with Crippen LogP contribution in [0.1, 0.15) is 29.8 Å². The van der Waals surface area contributed by atoms with Crippen LogP contribution in [-0.2, 0) is 16.5 Å². The van der Waals surface area contributed by atoms with Gasteiger partial charge in [-0.25, -0.2) is 0 Å². The first kappa shape index (κ1) is 31.8. The van der Waals surface area contributed by atoms with Gasteiger partial charge in [-0.1, -0.05) is 72.3 Å². The summed E-state index contributed by atoms with van der Waals surface area (Å²) in [6.07, 6.45) is 0.288. The summed E-state index contributed by atoms with van der Waals surface area (Å²) in [5, 5.41) is 25.0. The molecule has 0 unspecified atom stereocenters. The molecule has 4 aromatic rings. The molecule has 1 amide bonds. The Morgan fingerprint density at radius 2 is 1.75 bits per heavy atom. The number of aryl methyl sites for hydroxylation is 1. The van der Waals surface area contributed by atoms with E-state index in [4.69, 9.17) is 27.9 Å². The Labute approximate surface area is 263 Å². The number of azo groups is 1. The summed E-state index contributed by atoms with van der Waals surface area (Å²) in [6.45, 7) is 3.87. The van der Waals surface area contributed by atoms with Crippen molar-refractivity contribution >= 4 is 67.1 Å². The number of anilines is 1. The van der Waals surface area contributed by atoms with E-state index in [1.165, 1.54) is 18.2 Å². The molecule has 13 heteroatoms. The molecule has 2 N–H and O–H groups in total. The van der Waals surface area contributed by atoms with Crippen LogP contribution in [0.5, 0.6) is 11.5 Å². The van der Waals surface area contributed by atoms with Gasteiger partial charge < -0.3 is 15.2 Å². The molecule has 4 rings (SSSR count). The number of hydrogen-bond acceptors (Lipinski definition) is 7. The van der Waals surface area contributed by atoms with Gasteiger partial charge in [0.15, 0.2) is 0 Å². The summed E-state index contributed by atoms with van der Waals surface area (Å²) in [6, 6.07) is 16.0. The molecule has 0 aromatic heterocycles. The number of ether oxygens (including phenoxy) is 1. The molecule has 9 nitrogen and oxygen atoms in total. The van der Waals surface area contributed by atoms with Gasteiger partial charge in [0.25, 0.3) is 16.0 Å². The smallest absolute Gasteiger partial charge is 0.870 e. The number of nitrogens with one attached hydrogen (secondary N) is 1. The minimum atomic E-state index is -4.65. The van der Waals surface area contributed by atoms with Gasteiger partial charge in [-0.3, -0.25) is 9.35 Å². The van der Waals surface area contributed by atoms with Crippen LogP contribution in [0.4, 0.5) is 17.1 Å². The van der Waals surface area contributed by atoms with Crippen LogP contribution >= 0.6 is 23.2 Å². The number of carbonyl (C=O) groups is 1. The number of fused-ring (bicyclic) bond motifs is 1. The monoisotopic (exact) mass is 609 g/mol. The number of rotatable bonds is 8. The maximum Gasteiger partial charge on any atom is 1.00 e. The van der Waals surface area contributed by atoms with Crippen molar-refractivity contribution in [3.8, 4) is 11.5 Å². The summed E-state index contributed by atoms with van der Waals surface area (Å²) in [5.41, 5.74) is 0.0911. The van der Waals surface area contributed by atoms with E-state index in [1.54, 1.807) is 56.3 Å². The van der Waals surface area contributed by atoms with Gasteiger partial charge >= 0.3 is 29.6 Å². The fourth-order valence-corrected chi connectivity index (χ4v) is 5.58. The van der Waals surface area contributed by atoms with Crippen molar-refractivity contribution in [3.63, 3.8) is 0 Å². The van der Waals surface area contributed by atoms with Gasteiger partial charge in [0, 0.05) is 10.9 Å². The van der Waals surface area contributed by atoms with E-state index in [-0.39, 0.29) is 68.6 Å². The van der Waals surface area contributed by atoms with Crippen molar-refractivity contribution < 1.29 is 57.2 Å². The number of amides is 1. The van der Waals surface area contributed by atoms with Gasteiger partial charge in [-0.05, 0) is 48.6 Å². The van der Waals surface area contributed by atoms with Gasteiger partial charge in [0.05, 0.1) is 23.0 Å². The Balaban J connectivity index is 0.00000441. The van der Waals surface area contributed by atoms with E-state index in [0.717, 1.165) is 0 Å². The molecule has 0 aliphatic rings. The zero-order chi connectivity index (χ0) is 28.3. The van der Waals surface area contributed by atoms with Gasteiger partial charge in [0.1, 0.15) is 21.4 Å². The van der Waals surface area contributed by atoms with E-state index in [9.17, 15) is 22.9 Å². The largest absolute Gasteiger partial charge is 1.00 e. The average Bonchev–Trinajstić information content (AvgIpc) is 2.90. The zero-order valence-electron chi connectivity index (χ0n) is 21.7. The quantitative estimate of drug-likeness (QED) is 0.175. The Bertz CT molecular complexity index is 1730. The predicted octanol–water partition coefficient (Wildman–Crippen LogP) is 4.10. The van der Waals surface area contributed by atoms with Crippen molar-refractivity contribution in [2.24, 2.45) is 10.2 Å². The zero-order valence-corrected chi connectivity index (χ0v) is 26.1. The molecule has 0 aliphatic carbocycles. The predicted molar refractivity (Wildman–Crippen MR) is 149 cm³/mol. The Kier molecular flexibility index (Phi) is 10.6. The standard InChI is InChI=1S/C27H23Cl2N3O6S.Na/c1-3-15-12-13-20(23(29)26(15)39(35,36)37)31-32-24-17-9-6-5-8-16(17)14-18(25(24)33)27(34)30-19-10-7-11-21(22(19)28)38-4-2;/h5-14,33H,3-4H2,1-2H3,(H,30,34)(H,35,36,37);/q;+1/p-1. The van der Waals surface area contributed by atoms with E-state index in [2.05, 4.69) is 15.5 Å². The molecular formula is C27H22Cl2N3NaO6S. The second-order valence-corrected chi connectivity index (χ2v) is 10.4. The Morgan fingerprint density at radius 1 is 1.02 bits per heavy atom. The number of hydrogen-bond donors (Lipinski definition) is 2. The van der Waals surface area contributed by atoms with Gasteiger partial charge in [-0.15, -0.1) is 5.11 Å². The number of benzene rings is 4. The molecule has 40 heavy (non-hydrogen) atoms. The molecule has 0 bridgehead atoms. The van der Waals surface area contributed by atoms with Crippen molar-refractivity contribution in [2.75, 3.05) is 11.9 Å². The fraction of sp³-hybridized carbons (Fsp3) is 0.148. The molecule has 0 spiro atoms. The maximum atomic E-state index is 13.5. The molecule has 0 saturated heterocycles. The minimum Gasteiger partial charge on any atom is -0.870 e. The molecule has 0 atom stereocenters. The van der Waals surface area contributed by atoms with Crippen LogP contribution in [-0.4, -0.2) is 25.5 Å². The first-order valence-electron chi connectivity index (χ1n) is 11.7. The van der Waals surface area contributed by atoms with Gasteiger partial charge in [0.2, 0.25) is 0 Å². The van der Waals surface area contributed by atoms with E-state index >= 15 is 0 Å². The molecule has 0 radical (unpaired) electrons. The van der Waals surface area contributed by atoms with E-state index in [0.29, 0.717) is 28.7 Å². The summed E-state index contributed by atoms with van der Waals surface area (Å²) in [5.74, 6) is -1.07. The number of carbonyl (C=O) groups excluding carboxylic acids is 1. The molecule has 4 aromatic carbocycles. The molecule has 202 valence electrons. The van der Waals surface area contributed by atoms with Crippen LogP contribution in [0.25, 0.3) is 10.8 Å². The average molecular weight is 610 g/mol. The Morgan fingerprint density at radius 3 is 2.42 bits per heavy atom. The summed E-state index contributed by atoms with van der Waals surface area (Å²) >= 11 is 12.6. The second kappa shape index (κ2) is 13.3. The van der Waals surface area contributed by atoms with Crippen molar-refractivity contribution in [1.29, 1.82) is 0 Å². The van der Waals surface area contributed by atoms with Crippen molar-refractivity contribution in [2.45, 2.75) is 25.2 Å². The van der Waals surface area contributed by atoms with Crippen LogP contribution < -0.4 is 44.7 Å². The fourth-order valence-electron chi connectivity index (χ4n) is 3.97. The topological polar surface area (TPSA) is 140 Å². The number of halogens is 2. The van der Waals surface area contributed by atoms with E-state index in [1.807, 2.05) is 0 Å². The minimum absolute atomic E-state index is 0. The summed E-state index contributed by atoms with van der Waals surface area (Å²) in [4.78, 5) is 12.7. The SMILES string of the molecule is CCOc1cccc(NC(=O)c2cc3ccccc3c(N=Nc3ccc(CC)c(S(=O)(=O)O)c3Cl)c2[O-])c1Cl.[Na+]. The van der Waals surface area contributed by atoms with E-state index < -0.39 is 26.7 Å². The Hall–Kier alpha value is -2.70. The molecular weight excluding hydrogens is 588 g/mol. The third-order valence-corrected chi connectivity index (χ3v) is 7.65. The summed E-state index contributed by atoms with van der Waals surface area (Å²) < 4.78 is 39.0. The van der Waals surface area contributed by atoms with Crippen molar-refractivity contribution in [3.05, 3.63) is 81.8 Å². The first-order valence-corrected chi connectivity index (χ1v) is 13.9.